The van der Waals surface area contributed by atoms with Crippen LogP contribution >= 0.6 is 24.0 Å². The Bertz CT molecular complexity index is 488. The molecule has 1 aromatic carbocycles. The van der Waals surface area contributed by atoms with Gasteiger partial charge in [0.2, 0.25) is 0 Å². The van der Waals surface area contributed by atoms with Crippen LogP contribution in [0.1, 0.15) is 12.5 Å². The average Bonchev–Trinajstić information content (AvgIpc) is 2.48. The molecule has 116 valence electrons. The standard InChI is InChI=1S/C15H23N3OS2/c1-2-21-13-5-3-4-12(14(13)15(16)20)18-8-6-17(7-9-18)10-11-19/h3-5,19H,2,6-11H2,1H3,(H2,16,20). The molecule has 0 aromatic heterocycles. The smallest absolute Gasteiger partial charge is 0.107 e. The quantitative estimate of drug-likeness (QED) is 0.611. The molecule has 2 rings (SSSR count). The lowest BCUT2D eigenvalue weighted by Gasteiger charge is -2.37. The normalized spacial score (nSPS) is 16.2. The van der Waals surface area contributed by atoms with E-state index in [-0.39, 0.29) is 6.61 Å². The zero-order valence-electron chi connectivity index (χ0n) is 12.4. The van der Waals surface area contributed by atoms with Gasteiger partial charge in [0.1, 0.15) is 4.99 Å². The molecule has 0 amide bonds. The van der Waals surface area contributed by atoms with Gasteiger partial charge >= 0.3 is 0 Å². The van der Waals surface area contributed by atoms with Gasteiger partial charge in [-0.15, -0.1) is 11.8 Å². The van der Waals surface area contributed by atoms with E-state index >= 15 is 0 Å². The maximum Gasteiger partial charge on any atom is 0.107 e. The molecule has 0 atom stereocenters. The second-order valence-corrected chi connectivity index (χ2v) is 6.75. The summed E-state index contributed by atoms with van der Waals surface area (Å²) in [6.45, 7) is 6.91. The van der Waals surface area contributed by atoms with Crippen molar-refractivity contribution in [1.82, 2.24) is 4.90 Å². The summed E-state index contributed by atoms with van der Waals surface area (Å²) in [6, 6.07) is 6.28. The summed E-state index contributed by atoms with van der Waals surface area (Å²) in [4.78, 5) is 6.27. The van der Waals surface area contributed by atoms with E-state index in [1.165, 1.54) is 4.90 Å². The van der Waals surface area contributed by atoms with Gasteiger partial charge in [-0.05, 0) is 17.9 Å². The molecule has 0 radical (unpaired) electrons. The number of thiocarbonyl (C=S) groups is 1. The highest BCUT2D eigenvalue weighted by molar-refractivity contribution is 7.99. The molecule has 0 bridgehead atoms. The van der Waals surface area contributed by atoms with E-state index in [0.717, 1.165) is 49.7 Å². The molecule has 21 heavy (non-hydrogen) atoms. The number of anilines is 1. The topological polar surface area (TPSA) is 52.7 Å². The Kier molecular flexibility index (Phi) is 6.29. The molecule has 0 spiro atoms. The second kappa shape index (κ2) is 7.98. The fraction of sp³-hybridized carbons (Fsp3) is 0.533. The Morgan fingerprint density at radius 2 is 2.05 bits per heavy atom. The van der Waals surface area contributed by atoms with Gasteiger partial charge in [-0.3, -0.25) is 4.90 Å². The van der Waals surface area contributed by atoms with E-state index in [0.29, 0.717) is 4.99 Å². The third kappa shape index (κ3) is 4.10. The molecule has 1 heterocycles. The monoisotopic (exact) mass is 325 g/mol. The molecule has 0 unspecified atom stereocenters. The summed E-state index contributed by atoms with van der Waals surface area (Å²) in [5, 5.41) is 9.02. The Hall–Kier alpha value is -0.820. The van der Waals surface area contributed by atoms with Crippen molar-refractivity contribution in [2.45, 2.75) is 11.8 Å². The Balaban J connectivity index is 2.20. The van der Waals surface area contributed by atoms with Gasteiger partial charge in [0.05, 0.1) is 6.61 Å². The summed E-state index contributed by atoms with van der Waals surface area (Å²) in [5.41, 5.74) is 8.13. The van der Waals surface area contributed by atoms with Gasteiger partial charge in [-0.2, -0.15) is 0 Å². The number of nitrogens with two attached hydrogens (primary N) is 1. The fourth-order valence-corrected chi connectivity index (χ4v) is 3.78. The van der Waals surface area contributed by atoms with E-state index in [1.54, 1.807) is 11.8 Å². The van der Waals surface area contributed by atoms with Crippen LogP contribution in [0.25, 0.3) is 0 Å². The van der Waals surface area contributed by atoms with Crippen LogP contribution < -0.4 is 10.6 Å². The number of thioether (sulfide) groups is 1. The first-order valence-corrected chi connectivity index (χ1v) is 8.70. The number of β-amino-alcohol motifs (C(OH)–C–C–N with tert-alkyl or cyclic N) is 1. The van der Waals surface area contributed by atoms with Gasteiger partial charge in [-0.25, -0.2) is 0 Å². The summed E-state index contributed by atoms with van der Waals surface area (Å²) in [7, 11) is 0. The van der Waals surface area contributed by atoms with Crippen molar-refractivity contribution in [3.8, 4) is 0 Å². The van der Waals surface area contributed by atoms with Gasteiger partial charge in [0, 0.05) is 48.9 Å². The van der Waals surface area contributed by atoms with Crippen LogP contribution in [0.15, 0.2) is 23.1 Å². The zero-order valence-corrected chi connectivity index (χ0v) is 14.1. The minimum Gasteiger partial charge on any atom is -0.395 e. The lowest BCUT2D eigenvalue weighted by atomic mass is 10.1. The predicted octanol–water partition coefficient (Wildman–Crippen LogP) is 1.55. The molecule has 0 aliphatic carbocycles. The van der Waals surface area contributed by atoms with E-state index in [1.807, 2.05) is 0 Å². The Labute approximate surface area is 136 Å². The van der Waals surface area contributed by atoms with Crippen LogP contribution in [0.5, 0.6) is 0 Å². The van der Waals surface area contributed by atoms with Gasteiger partial charge < -0.3 is 15.7 Å². The highest BCUT2D eigenvalue weighted by atomic mass is 32.2. The molecule has 3 N–H and O–H groups in total. The third-order valence-corrected chi connectivity index (χ3v) is 4.82. The number of hydrogen-bond donors (Lipinski definition) is 2. The van der Waals surface area contributed by atoms with E-state index < -0.39 is 0 Å². The summed E-state index contributed by atoms with van der Waals surface area (Å²) in [6.07, 6.45) is 0. The van der Waals surface area contributed by atoms with Crippen molar-refractivity contribution < 1.29 is 5.11 Å². The first-order valence-electron chi connectivity index (χ1n) is 7.31. The number of nitrogens with zero attached hydrogens (tertiary/aromatic N) is 2. The number of aliphatic hydroxyl groups excluding tert-OH is 1. The maximum absolute atomic E-state index is 9.02. The van der Waals surface area contributed by atoms with Gasteiger partial charge in [0.25, 0.3) is 0 Å². The molecule has 1 saturated heterocycles. The molecule has 1 fully saturated rings. The average molecular weight is 326 g/mol. The van der Waals surface area contributed by atoms with Crippen LogP contribution in [0.3, 0.4) is 0 Å². The van der Waals surface area contributed by atoms with E-state index in [4.69, 9.17) is 23.1 Å². The fourth-order valence-electron chi connectivity index (χ4n) is 2.66. The lowest BCUT2D eigenvalue weighted by Crippen LogP contribution is -2.47. The zero-order chi connectivity index (χ0) is 15.2. The molecular weight excluding hydrogens is 302 g/mol. The third-order valence-electron chi connectivity index (χ3n) is 3.68. The summed E-state index contributed by atoms with van der Waals surface area (Å²) < 4.78 is 0. The molecular formula is C15H23N3OS2. The van der Waals surface area contributed by atoms with Crippen LogP contribution in [-0.2, 0) is 0 Å². The molecule has 0 saturated carbocycles. The number of aliphatic hydroxyl groups is 1. The number of rotatable bonds is 6. The van der Waals surface area contributed by atoms with Gasteiger partial charge in [-0.1, -0.05) is 25.2 Å². The SMILES string of the molecule is CCSc1cccc(N2CCN(CCO)CC2)c1C(N)=S. The molecule has 1 aliphatic heterocycles. The second-order valence-electron chi connectivity index (χ2n) is 5.00. The van der Waals surface area contributed by atoms with Crippen molar-refractivity contribution in [3.63, 3.8) is 0 Å². The van der Waals surface area contributed by atoms with E-state index in [2.05, 4.69) is 34.9 Å². The Morgan fingerprint density at radius 1 is 1.33 bits per heavy atom. The van der Waals surface area contributed by atoms with Crippen LogP contribution in [0.2, 0.25) is 0 Å². The van der Waals surface area contributed by atoms with Crippen molar-refractivity contribution in [2.75, 3.05) is 50.0 Å². The highest BCUT2D eigenvalue weighted by Gasteiger charge is 2.21. The number of hydrogen-bond acceptors (Lipinski definition) is 5. The van der Waals surface area contributed by atoms with Crippen LogP contribution in [0, 0.1) is 0 Å². The largest absolute Gasteiger partial charge is 0.395 e. The Morgan fingerprint density at radius 3 is 2.62 bits per heavy atom. The van der Waals surface area contributed by atoms with E-state index in [9.17, 15) is 0 Å². The lowest BCUT2D eigenvalue weighted by molar-refractivity contribution is 0.189. The summed E-state index contributed by atoms with van der Waals surface area (Å²) >= 11 is 7.06. The molecule has 1 aromatic rings. The van der Waals surface area contributed by atoms with Crippen molar-refractivity contribution in [3.05, 3.63) is 23.8 Å². The predicted molar refractivity (Wildman–Crippen MR) is 94.5 cm³/mol. The maximum atomic E-state index is 9.02. The van der Waals surface area contributed by atoms with Gasteiger partial charge in [0.15, 0.2) is 0 Å². The minimum atomic E-state index is 0.223. The van der Waals surface area contributed by atoms with Crippen molar-refractivity contribution in [1.29, 1.82) is 0 Å². The minimum absolute atomic E-state index is 0.223. The highest BCUT2D eigenvalue weighted by Crippen LogP contribution is 2.31. The first kappa shape index (κ1) is 16.5. The first-order chi connectivity index (χ1) is 10.2. The van der Waals surface area contributed by atoms with Crippen molar-refractivity contribution in [2.24, 2.45) is 5.73 Å². The molecule has 6 heteroatoms. The molecule has 1 aliphatic rings. The molecule has 4 nitrogen and oxygen atoms in total. The summed E-state index contributed by atoms with van der Waals surface area (Å²) in [5.74, 6) is 1.00. The van der Waals surface area contributed by atoms with Crippen molar-refractivity contribution >= 4 is 34.7 Å². The van der Waals surface area contributed by atoms with Crippen LogP contribution in [-0.4, -0.2) is 60.1 Å². The number of piperazine rings is 1. The van der Waals surface area contributed by atoms with Crippen LogP contribution in [0.4, 0.5) is 5.69 Å². The number of benzene rings is 1.